The highest BCUT2D eigenvalue weighted by atomic mass is 32.2. The molecule has 10 unspecified atom stereocenters. The van der Waals surface area contributed by atoms with Crippen molar-refractivity contribution in [3.8, 4) is 11.6 Å². The molecule has 1 aromatic heterocycles. The van der Waals surface area contributed by atoms with Crippen molar-refractivity contribution in [1.82, 2.24) is 30.2 Å². The topological polar surface area (TPSA) is 195 Å². The Balaban J connectivity index is 1.17. The van der Waals surface area contributed by atoms with E-state index in [4.69, 9.17) is 14.2 Å². The summed E-state index contributed by atoms with van der Waals surface area (Å²) in [6.45, 7) is 7.10. The highest BCUT2D eigenvalue weighted by Crippen LogP contribution is 2.58. The van der Waals surface area contributed by atoms with Crippen LogP contribution in [0.4, 0.5) is 22.4 Å². The van der Waals surface area contributed by atoms with E-state index in [0.717, 1.165) is 11.3 Å². The van der Waals surface area contributed by atoms with E-state index in [-0.39, 0.29) is 29.8 Å². The first-order valence-electron chi connectivity index (χ1n) is 20.8. The summed E-state index contributed by atoms with van der Waals surface area (Å²) in [4.78, 5) is 65.8. The Morgan fingerprint density at radius 3 is 2.39 bits per heavy atom. The summed E-state index contributed by atoms with van der Waals surface area (Å²) in [7, 11) is -2.87. The van der Waals surface area contributed by atoms with Gasteiger partial charge in [-0.05, 0) is 87.2 Å². The number of amides is 4. The molecule has 1 aromatic carbocycles. The Morgan fingerprint density at radius 1 is 1.05 bits per heavy atom. The summed E-state index contributed by atoms with van der Waals surface area (Å²) in [5.41, 5.74) is -2.96. The lowest BCUT2D eigenvalue weighted by molar-refractivity contribution is -0.143. The van der Waals surface area contributed by atoms with Gasteiger partial charge in [-0.2, -0.15) is 4.39 Å². The van der Waals surface area contributed by atoms with Gasteiger partial charge in [0.15, 0.2) is 0 Å². The fourth-order valence-corrected chi connectivity index (χ4v) is 10.4. The van der Waals surface area contributed by atoms with Gasteiger partial charge < -0.3 is 29.7 Å². The van der Waals surface area contributed by atoms with E-state index in [1.54, 1.807) is 26.8 Å². The van der Waals surface area contributed by atoms with Crippen molar-refractivity contribution in [3.05, 3.63) is 24.1 Å². The summed E-state index contributed by atoms with van der Waals surface area (Å²) >= 11 is 0. The fraction of sp³-hybridized carbons (Fsp3) is 0.707. The number of carbonyl (C=O) groups is 4. The van der Waals surface area contributed by atoms with Crippen molar-refractivity contribution in [1.29, 1.82) is 0 Å². The minimum absolute atomic E-state index is 0.0577. The molecule has 61 heavy (non-hydrogen) atoms. The monoisotopic (exact) mass is 882 g/mol. The molecule has 4 amide bonds. The molecule has 2 aromatic rings. The number of unbranched alkanes of at least 4 members (excludes halogenated alkanes) is 1. The lowest BCUT2D eigenvalue weighted by atomic mass is 9.85. The molecular weight excluding hydrogens is 829 g/mol. The molecule has 7 rings (SSSR count). The number of halogens is 4. The van der Waals surface area contributed by atoms with Gasteiger partial charge in [0, 0.05) is 12.0 Å². The molecule has 1 aliphatic heterocycles. The predicted molar refractivity (Wildman–Crippen MR) is 211 cm³/mol. The molecule has 3 N–H and O–H groups in total. The van der Waals surface area contributed by atoms with Gasteiger partial charge in [0.05, 0.1) is 42.0 Å². The number of methoxy groups -OCH3 is 1. The Hall–Kier alpha value is -4.49. The maximum absolute atomic E-state index is 15.5. The van der Waals surface area contributed by atoms with Crippen LogP contribution in [0.1, 0.15) is 86.0 Å². The van der Waals surface area contributed by atoms with Crippen molar-refractivity contribution in [2.45, 2.75) is 127 Å². The lowest BCUT2D eigenvalue weighted by Crippen LogP contribution is -2.61. The number of hydrogen-bond donors (Lipinski definition) is 3. The van der Waals surface area contributed by atoms with E-state index in [9.17, 15) is 40.8 Å². The maximum atomic E-state index is 15.5. The third-order valence-electron chi connectivity index (χ3n) is 13.4. The Labute approximate surface area is 351 Å². The average molecular weight is 883 g/mol. The lowest BCUT2D eigenvalue weighted by Gasteiger charge is -2.36. The summed E-state index contributed by atoms with van der Waals surface area (Å²) < 4.78 is 101. The quantitative estimate of drug-likeness (QED) is 0.155. The van der Waals surface area contributed by atoms with Gasteiger partial charge in [0.25, 0.3) is 17.7 Å². The van der Waals surface area contributed by atoms with Crippen LogP contribution in [0.25, 0.3) is 11.0 Å². The number of likely N-dealkylation sites (tertiary alicyclic amines) is 1. The molecule has 1 saturated heterocycles. The molecule has 336 valence electrons. The normalized spacial score (nSPS) is 30.3. The number of aromatic nitrogens is 2. The van der Waals surface area contributed by atoms with Gasteiger partial charge in [0.1, 0.15) is 35.6 Å². The summed E-state index contributed by atoms with van der Waals surface area (Å²) in [5.74, 6) is -6.39. The molecule has 5 fully saturated rings. The van der Waals surface area contributed by atoms with Crippen LogP contribution in [0.3, 0.4) is 0 Å². The standard InChI is InChI=1S/C41H54F4N6O9S/c1-20-29(59-35-33(45)46-26-11-10-22(58-6)17-27(26)47-35)19-51(30(20)34(52)49-41(18-25(41)32(43)44)37(54)50-61(56,57)40(5)12-13-40)36(53)31(39(2,3)4)48-38(55)60-28-16-21-15-24(21)23(28)9-7-8-14-42/h10-11,17,20-21,23-25,28-32H,7-9,12-16,18-19H2,1-6H3,(H,48,55)(H,49,52)(H,50,54). The number of nitrogens with zero attached hydrogens (tertiary/aromatic N) is 3. The van der Waals surface area contributed by atoms with E-state index in [1.807, 2.05) is 4.72 Å². The molecule has 0 bridgehead atoms. The van der Waals surface area contributed by atoms with Crippen molar-refractivity contribution < 1.29 is 59.4 Å². The highest BCUT2D eigenvalue weighted by molar-refractivity contribution is 7.91. The largest absolute Gasteiger partial charge is 0.497 e. The van der Waals surface area contributed by atoms with Crippen LogP contribution < -0.4 is 24.8 Å². The number of benzene rings is 1. The third-order valence-corrected chi connectivity index (χ3v) is 15.6. The molecule has 4 saturated carbocycles. The zero-order valence-electron chi connectivity index (χ0n) is 35.0. The zero-order valence-corrected chi connectivity index (χ0v) is 35.8. The minimum Gasteiger partial charge on any atom is -0.497 e. The van der Waals surface area contributed by atoms with Crippen molar-refractivity contribution in [3.63, 3.8) is 0 Å². The number of carbonyl (C=O) groups excluding carboxylic acids is 4. The SMILES string of the molecule is COc1ccc2nc(F)c(OC3CN(C(=O)C(NC(=O)OC4CC5CC5C4CCCCF)C(C)(C)C)C(C(=O)NC4(C(=O)NS(=O)(=O)C5(C)CC5)CC4C(F)F)C3C)nc2c1. The van der Waals surface area contributed by atoms with E-state index in [1.165, 1.54) is 33.1 Å². The van der Waals surface area contributed by atoms with Gasteiger partial charge >= 0.3 is 6.09 Å². The number of fused-ring (bicyclic) bond motifs is 2. The smallest absolute Gasteiger partial charge is 0.408 e. The van der Waals surface area contributed by atoms with E-state index < -0.39 is 124 Å². The van der Waals surface area contributed by atoms with Crippen LogP contribution in [0, 0.1) is 41.0 Å². The molecule has 5 aliphatic rings. The number of rotatable bonds is 16. The second kappa shape index (κ2) is 16.3. The van der Waals surface area contributed by atoms with E-state index in [0.29, 0.717) is 43.3 Å². The van der Waals surface area contributed by atoms with Gasteiger partial charge in [-0.15, -0.1) is 0 Å². The summed E-state index contributed by atoms with van der Waals surface area (Å²) in [5, 5.41) is 5.08. The maximum Gasteiger partial charge on any atom is 0.408 e. The molecule has 10 atom stereocenters. The Morgan fingerprint density at radius 2 is 1.77 bits per heavy atom. The number of alkyl halides is 3. The minimum atomic E-state index is -4.30. The highest BCUT2D eigenvalue weighted by Gasteiger charge is 2.68. The van der Waals surface area contributed by atoms with Gasteiger partial charge in [-0.25, -0.2) is 32.0 Å². The van der Waals surface area contributed by atoms with Crippen LogP contribution in [-0.4, -0.2) is 108 Å². The van der Waals surface area contributed by atoms with Crippen molar-refractivity contribution >= 4 is 44.9 Å². The first-order valence-corrected chi connectivity index (χ1v) is 22.3. The Bertz CT molecular complexity index is 2170. The second-order valence-corrected chi connectivity index (χ2v) is 20.9. The first-order chi connectivity index (χ1) is 28.6. The molecule has 0 radical (unpaired) electrons. The summed E-state index contributed by atoms with van der Waals surface area (Å²) in [6, 6.07) is 1.65. The average Bonchev–Trinajstić information content (AvgIpc) is 4.14. The zero-order chi connectivity index (χ0) is 44.4. The number of alkyl carbamates (subject to hydrolysis) is 1. The van der Waals surface area contributed by atoms with Gasteiger partial charge in [0.2, 0.25) is 28.3 Å². The number of nitrogens with one attached hydrogen (secondary N) is 3. The molecule has 4 aliphatic carbocycles. The van der Waals surface area contributed by atoms with Crippen LogP contribution in [0.15, 0.2) is 18.2 Å². The number of hydrogen-bond acceptors (Lipinski definition) is 11. The van der Waals surface area contributed by atoms with Crippen molar-refractivity contribution in [2.75, 3.05) is 20.3 Å². The van der Waals surface area contributed by atoms with Crippen LogP contribution >= 0.6 is 0 Å². The second-order valence-electron chi connectivity index (χ2n) is 18.7. The fourth-order valence-electron chi connectivity index (χ4n) is 9.11. The molecule has 15 nitrogen and oxygen atoms in total. The number of ether oxygens (including phenoxy) is 3. The molecular formula is C41H54F4N6O9S. The van der Waals surface area contributed by atoms with Crippen LogP contribution in [-0.2, 0) is 29.1 Å². The van der Waals surface area contributed by atoms with Crippen molar-refractivity contribution in [2.24, 2.45) is 35.0 Å². The van der Waals surface area contributed by atoms with Crippen LogP contribution in [0.2, 0.25) is 0 Å². The third kappa shape index (κ3) is 8.78. The first kappa shape index (κ1) is 44.6. The van der Waals surface area contributed by atoms with E-state index >= 15 is 4.39 Å². The van der Waals surface area contributed by atoms with E-state index in [2.05, 4.69) is 20.6 Å². The Kier molecular flexibility index (Phi) is 11.9. The molecule has 0 spiro atoms. The van der Waals surface area contributed by atoms with Crippen LogP contribution in [0.5, 0.6) is 11.6 Å². The molecule has 2 heterocycles. The predicted octanol–water partition coefficient (Wildman–Crippen LogP) is 4.82. The molecule has 20 heteroatoms. The van der Waals surface area contributed by atoms with Gasteiger partial charge in [-0.3, -0.25) is 23.5 Å². The number of sulfonamides is 1. The van der Waals surface area contributed by atoms with Gasteiger partial charge in [-0.1, -0.05) is 34.1 Å². The summed E-state index contributed by atoms with van der Waals surface area (Å²) in [6.07, 6.45) is -2.28.